The summed E-state index contributed by atoms with van der Waals surface area (Å²) in [6.07, 6.45) is 0. The van der Waals surface area contributed by atoms with E-state index in [9.17, 15) is 14.0 Å². The van der Waals surface area contributed by atoms with E-state index in [-0.39, 0.29) is 21.5 Å². The van der Waals surface area contributed by atoms with Gasteiger partial charge in [0.15, 0.2) is 0 Å². The van der Waals surface area contributed by atoms with Crippen LogP contribution in [0.4, 0.5) is 4.39 Å². The first-order valence-corrected chi connectivity index (χ1v) is 5.01. The number of benzene rings is 1. The fourth-order valence-electron chi connectivity index (χ4n) is 1.51. The van der Waals surface area contributed by atoms with Crippen LogP contribution < -0.4 is 5.56 Å². The number of hydrogen-bond acceptors (Lipinski definition) is 3. The molecule has 0 aliphatic rings. The molecule has 0 radical (unpaired) electrons. The van der Waals surface area contributed by atoms with E-state index in [1.54, 1.807) is 0 Å². The molecule has 0 atom stereocenters. The van der Waals surface area contributed by atoms with Gasteiger partial charge in [-0.05, 0) is 18.2 Å². The van der Waals surface area contributed by atoms with E-state index in [1.165, 1.54) is 19.2 Å². The van der Waals surface area contributed by atoms with Crippen molar-refractivity contribution in [3.8, 4) is 0 Å². The van der Waals surface area contributed by atoms with Gasteiger partial charge in [-0.1, -0.05) is 11.6 Å². The van der Waals surface area contributed by atoms with Crippen molar-refractivity contribution in [1.29, 1.82) is 0 Å². The molecule has 0 spiro atoms. The van der Waals surface area contributed by atoms with Crippen LogP contribution in [-0.4, -0.2) is 18.1 Å². The molecular weight excluding hydrogens is 249 g/mol. The van der Waals surface area contributed by atoms with E-state index >= 15 is 0 Å². The van der Waals surface area contributed by atoms with Crippen molar-refractivity contribution in [2.24, 2.45) is 0 Å². The summed E-state index contributed by atoms with van der Waals surface area (Å²) in [5.41, 5.74) is -0.699. The van der Waals surface area contributed by atoms with Crippen molar-refractivity contribution in [3.63, 3.8) is 0 Å². The van der Waals surface area contributed by atoms with Gasteiger partial charge in [0.05, 0.1) is 12.5 Å². The fourth-order valence-corrected chi connectivity index (χ4v) is 1.71. The monoisotopic (exact) mass is 255 g/mol. The Bertz CT molecular complexity index is 666. The average Bonchev–Trinajstić information content (AvgIpc) is 2.29. The summed E-state index contributed by atoms with van der Waals surface area (Å²) < 4.78 is 18.0. The Labute approximate surface area is 100.0 Å². The van der Waals surface area contributed by atoms with E-state index in [0.29, 0.717) is 0 Å². The molecule has 4 nitrogen and oxygen atoms in total. The average molecular weight is 256 g/mol. The molecule has 0 aliphatic heterocycles. The zero-order valence-electron chi connectivity index (χ0n) is 8.71. The summed E-state index contributed by atoms with van der Waals surface area (Å²) in [7, 11) is 1.17. The largest absolute Gasteiger partial charge is 0.464 e. The molecule has 0 saturated carbocycles. The number of halogens is 2. The van der Waals surface area contributed by atoms with E-state index < -0.39 is 17.3 Å². The summed E-state index contributed by atoms with van der Waals surface area (Å²) in [6.45, 7) is 0. The van der Waals surface area contributed by atoms with E-state index in [2.05, 4.69) is 9.72 Å². The molecule has 88 valence electrons. The maximum atomic E-state index is 13.6. The van der Waals surface area contributed by atoms with Crippen molar-refractivity contribution in [2.45, 2.75) is 0 Å². The summed E-state index contributed by atoms with van der Waals surface area (Å²) in [5.74, 6) is -1.40. The highest BCUT2D eigenvalue weighted by atomic mass is 35.5. The van der Waals surface area contributed by atoms with Crippen molar-refractivity contribution in [3.05, 3.63) is 45.1 Å². The lowest BCUT2D eigenvalue weighted by molar-refractivity contribution is 0.0594. The third-order valence-corrected chi connectivity index (χ3v) is 2.50. The lowest BCUT2D eigenvalue weighted by Gasteiger charge is -2.03. The molecule has 1 heterocycles. The minimum Gasteiger partial charge on any atom is -0.464 e. The Balaban J connectivity index is 2.82. The fraction of sp³-hybridized carbons (Fsp3) is 0.0909. The van der Waals surface area contributed by atoms with Crippen LogP contribution in [0, 0.1) is 5.82 Å². The Morgan fingerprint density at radius 1 is 1.35 bits per heavy atom. The van der Waals surface area contributed by atoms with Gasteiger partial charge in [-0.15, -0.1) is 0 Å². The SMILES string of the molecule is COC(=O)c1cc2c(F)cc(Cl)cc2c(=O)[nH]1. The van der Waals surface area contributed by atoms with Crippen LogP contribution in [0.25, 0.3) is 10.8 Å². The molecule has 6 heteroatoms. The van der Waals surface area contributed by atoms with Gasteiger partial charge in [0.1, 0.15) is 11.5 Å². The zero-order valence-corrected chi connectivity index (χ0v) is 9.47. The predicted octanol–water partition coefficient (Wildman–Crippen LogP) is 2.11. The van der Waals surface area contributed by atoms with Crippen LogP contribution in [-0.2, 0) is 4.74 Å². The van der Waals surface area contributed by atoms with Crippen LogP contribution in [0.15, 0.2) is 23.0 Å². The van der Waals surface area contributed by atoms with E-state index in [0.717, 1.165) is 6.07 Å². The van der Waals surface area contributed by atoms with Crippen LogP contribution in [0.2, 0.25) is 5.02 Å². The van der Waals surface area contributed by atoms with Crippen molar-refractivity contribution >= 4 is 28.3 Å². The lowest BCUT2D eigenvalue weighted by Crippen LogP contribution is -2.14. The minimum atomic E-state index is -0.738. The number of fused-ring (bicyclic) bond motifs is 1. The third kappa shape index (κ3) is 2.01. The highest BCUT2D eigenvalue weighted by Gasteiger charge is 2.12. The molecule has 1 aromatic heterocycles. The molecule has 1 aromatic carbocycles. The van der Waals surface area contributed by atoms with Gasteiger partial charge < -0.3 is 9.72 Å². The molecule has 0 bridgehead atoms. The van der Waals surface area contributed by atoms with Crippen LogP contribution in [0.5, 0.6) is 0 Å². The number of H-pyrrole nitrogens is 1. The van der Waals surface area contributed by atoms with Crippen LogP contribution >= 0.6 is 11.6 Å². The highest BCUT2D eigenvalue weighted by molar-refractivity contribution is 6.31. The normalized spacial score (nSPS) is 10.5. The van der Waals surface area contributed by atoms with Gasteiger partial charge in [0, 0.05) is 10.4 Å². The summed E-state index contributed by atoms with van der Waals surface area (Å²) in [6, 6.07) is 3.62. The topological polar surface area (TPSA) is 59.2 Å². The molecular formula is C11H7ClFNO3. The second kappa shape index (κ2) is 4.18. The maximum Gasteiger partial charge on any atom is 0.354 e. The van der Waals surface area contributed by atoms with Crippen molar-refractivity contribution in [2.75, 3.05) is 7.11 Å². The first kappa shape index (κ1) is 11.6. The first-order valence-electron chi connectivity index (χ1n) is 4.63. The Hall–Kier alpha value is -1.88. The number of pyridine rings is 1. The van der Waals surface area contributed by atoms with Crippen molar-refractivity contribution in [1.82, 2.24) is 4.98 Å². The lowest BCUT2D eigenvalue weighted by atomic mass is 10.1. The van der Waals surface area contributed by atoms with Crippen LogP contribution in [0.3, 0.4) is 0 Å². The number of ether oxygens (including phenoxy) is 1. The number of methoxy groups -OCH3 is 1. The molecule has 0 fully saturated rings. The van der Waals surface area contributed by atoms with Gasteiger partial charge in [-0.3, -0.25) is 4.79 Å². The van der Waals surface area contributed by atoms with Gasteiger partial charge in [-0.2, -0.15) is 0 Å². The second-order valence-electron chi connectivity index (χ2n) is 3.35. The number of esters is 1. The van der Waals surface area contributed by atoms with Gasteiger partial charge >= 0.3 is 5.97 Å². The summed E-state index contributed by atoms with van der Waals surface area (Å²) >= 11 is 5.64. The predicted molar refractivity (Wildman–Crippen MR) is 60.9 cm³/mol. The Morgan fingerprint density at radius 3 is 2.71 bits per heavy atom. The number of carbonyl (C=O) groups excluding carboxylic acids is 1. The molecule has 2 rings (SSSR count). The Kier molecular flexibility index (Phi) is 2.85. The molecule has 2 aromatic rings. The highest BCUT2D eigenvalue weighted by Crippen LogP contribution is 2.20. The standard InChI is InChI=1S/C11H7ClFNO3/c1-17-11(16)9-4-6-7(10(15)14-9)2-5(12)3-8(6)13/h2-4H,1H3,(H,14,15). The minimum absolute atomic E-state index is 0.0264. The van der Waals surface area contributed by atoms with E-state index in [1.807, 2.05) is 0 Å². The number of rotatable bonds is 1. The van der Waals surface area contributed by atoms with Crippen molar-refractivity contribution < 1.29 is 13.9 Å². The maximum absolute atomic E-state index is 13.6. The number of nitrogens with one attached hydrogen (secondary N) is 1. The summed E-state index contributed by atoms with van der Waals surface area (Å²) in [5, 5.41) is 0.229. The van der Waals surface area contributed by atoms with Crippen LogP contribution in [0.1, 0.15) is 10.5 Å². The molecule has 0 amide bonds. The number of carbonyl (C=O) groups is 1. The Morgan fingerprint density at radius 2 is 2.06 bits per heavy atom. The van der Waals surface area contributed by atoms with Gasteiger partial charge in [0.25, 0.3) is 5.56 Å². The quantitative estimate of drug-likeness (QED) is 0.794. The number of aromatic amines is 1. The molecule has 1 N–H and O–H groups in total. The first-order chi connectivity index (χ1) is 8.02. The number of hydrogen-bond donors (Lipinski definition) is 1. The number of aromatic nitrogens is 1. The van der Waals surface area contributed by atoms with E-state index in [4.69, 9.17) is 11.6 Å². The zero-order chi connectivity index (χ0) is 12.6. The molecule has 0 aliphatic carbocycles. The molecule has 17 heavy (non-hydrogen) atoms. The second-order valence-corrected chi connectivity index (χ2v) is 3.79. The summed E-state index contributed by atoms with van der Waals surface area (Å²) in [4.78, 5) is 25.2. The van der Waals surface area contributed by atoms with Gasteiger partial charge in [0.2, 0.25) is 0 Å². The third-order valence-electron chi connectivity index (χ3n) is 2.28. The smallest absolute Gasteiger partial charge is 0.354 e. The molecule has 0 unspecified atom stereocenters. The van der Waals surface area contributed by atoms with Gasteiger partial charge in [-0.25, -0.2) is 9.18 Å². The molecule has 0 saturated heterocycles.